The zero-order valence-electron chi connectivity index (χ0n) is 18.7. The molecule has 3 aliphatic rings. The Labute approximate surface area is 193 Å². The van der Waals surface area contributed by atoms with Crippen LogP contribution >= 0.6 is 0 Å². The number of rotatable bonds is 6. The first-order chi connectivity index (χ1) is 15.9. The Balaban J connectivity index is 1.37. The van der Waals surface area contributed by atoms with Crippen molar-refractivity contribution in [3.8, 4) is 12.3 Å². The Morgan fingerprint density at radius 3 is 2.70 bits per heavy atom. The van der Waals surface area contributed by atoms with Crippen molar-refractivity contribution in [1.82, 2.24) is 15.1 Å². The monoisotopic (exact) mass is 441 g/mol. The number of benzene rings is 2. The van der Waals surface area contributed by atoms with Crippen LogP contribution in [0, 0.1) is 18.3 Å². The maximum Gasteiger partial charge on any atom is 0.325 e. The lowest BCUT2D eigenvalue weighted by atomic mass is 9.91. The summed E-state index contributed by atoms with van der Waals surface area (Å²) in [5, 5.41) is 2.90. The van der Waals surface area contributed by atoms with E-state index < -0.39 is 11.6 Å². The van der Waals surface area contributed by atoms with Crippen molar-refractivity contribution in [3.63, 3.8) is 0 Å². The van der Waals surface area contributed by atoms with E-state index in [1.807, 2.05) is 47.4 Å². The molecule has 6 nitrogen and oxygen atoms in total. The molecule has 2 aromatic carbocycles. The highest BCUT2D eigenvalue weighted by atomic mass is 16.2. The number of imide groups is 1. The predicted octanol–water partition coefficient (Wildman–Crippen LogP) is 3.19. The number of aryl methyl sites for hydroxylation is 1. The second kappa shape index (κ2) is 8.08. The van der Waals surface area contributed by atoms with E-state index in [2.05, 4.69) is 18.2 Å². The Morgan fingerprint density at radius 2 is 2.00 bits per heavy atom. The van der Waals surface area contributed by atoms with Crippen LogP contribution in [0.2, 0.25) is 0 Å². The maximum atomic E-state index is 13.5. The van der Waals surface area contributed by atoms with Crippen LogP contribution in [-0.2, 0) is 28.1 Å². The molecule has 6 heteroatoms. The van der Waals surface area contributed by atoms with Gasteiger partial charge in [0, 0.05) is 18.2 Å². The average molecular weight is 442 g/mol. The summed E-state index contributed by atoms with van der Waals surface area (Å²) in [7, 11) is 0. The normalized spacial score (nSPS) is 22.1. The molecule has 0 unspecified atom stereocenters. The number of hydrogen-bond donors (Lipinski definition) is 1. The van der Waals surface area contributed by atoms with E-state index in [1.54, 1.807) is 6.07 Å². The summed E-state index contributed by atoms with van der Waals surface area (Å²) in [5.41, 5.74) is 2.43. The smallest absolute Gasteiger partial charge is 0.325 e. The van der Waals surface area contributed by atoms with Gasteiger partial charge in [-0.2, -0.15) is 0 Å². The molecule has 168 valence electrons. The third kappa shape index (κ3) is 3.68. The molecule has 1 aliphatic heterocycles. The van der Waals surface area contributed by atoms with Crippen molar-refractivity contribution in [3.05, 3.63) is 70.8 Å². The van der Waals surface area contributed by atoms with Gasteiger partial charge in [0.15, 0.2) is 0 Å². The van der Waals surface area contributed by atoms with Gasteiger partial charge < -0.3 is 10.2 Å². The minimum atomic E-state index is -1.10. The van der Waals surface area contributed by atoms with E-state index in [-0.39, 0.29) is 24.4 Å². The fraction of sp³-hybridized carbons (Fsp3) is 0.370. The largest absolute Gasteiger partial charge is 0.334 e. The summed E-state index contributed by atoms with van der Waals surface area (Å²) in [6.07, 6.45) is 8.83. The van der Waals surface area contributed by atoms with Crippen molar-refractivity contribution in [1.29, 1.82) is 0 Å². The maximum absolute atomic E-state index is 13.5. The summed E-state index contributed by atoms with van der Waals surface area (Å²) in [4.78, 5) is 42.8. The molecular formula is C27H27N3O3. The second-order valence-corrected chi connectivity index (χ2v) is 9.33. The van der Waals surface area contributed by atoms with Crippen molar-refractivity contribution in [2.45, 2.75) is 50.7 Å². The Hall–Kier alpha value is -3.59. The number of hydrogen-bond acceptors (Lipinski definition) is 3. The van der Waals surface area contributed by atoms with Crippen molar-refractivity contribution in [2.24, 2.45) is 5.92 Å². The molecule has 1 N–H and O–H groups in total. The number of carbonyl (C=O) groups excluding carboxylic acids is 3. The molecule has 0 radical (unpaired) electrons. The van der Waals surface area contributed by atoms with Crippen LogP contribution < -0.4 is 5.32 Å². The molecule has 2 fully saturated rings. The number of carbonyl (C=O) groups is 3. The number of fused-ring (bicyclic) bond motifs is 2. The van der Waals surface area contributed by atoms with Crippen LogP contribution in [0.5, 0.6) is 0 Å². The number of nitrogens with one attached hydrogen (secondary N) is 1. The molecule has 2 aliphatic carbocycles. The predicted molar refractivity (Wildman–Crippen MR) is 124 cm³/mol. The van der Waals surface area contributed by atoms with Crippen LogP contribution in [0.4, 0.5) is 4.79 Å². The van der Waals surface area contributed by atoms with Crippen LogP contribution in [0.25, 0.3) is 0 Å². The van der Waals surface area contributed by atoms with Gasteiger partial charge in [0.05, 0.1) is 0 Å². The highest BCUT2D eigenvalue weighted by Gasteiger charge is 2.55. The first-order valence-electron chi connectivity index (χ1n) is 11.5. The number of amides is 4. The van der Waals surface area contributed by atoms with Gasteiger partial charge in [-0.1, -0.05) is 42.3 Å². The molecule has 0 bridgehead atoms. The Kier molecular flexibility index (Phi) is 5.20. The summed E-state index contributed by atoms with van der Waals surface area (Å²) in [6.45, 7) is 2.26. The van der Waals surface area contributed by atoms with E-state index >= 15 is 0 Å². The molecule has 33 heavy (non-hydrogen) atoms. The summed E-state index contributed by atoms with van der Waals surface area (Å²) in [6, 6.07) is 14.9. The molecule has 1 spiro atoms. The quantitative estimate of drug-likeness (QED) is 0.553. The van der Waals surface area contributed by atoms with Gasteiger partial charge in [-0.15, -0.1) is 6.42 Å². The van der Waals surface area contributed by atoms with E-state index in [0.717, 1.165) is 40.0 Å². The molecule has 1 saturated heterocycles. The van der Waals surface area contributed by atoms with E-state index in [4.69, 9.17) is 6.42 Å². The van der Waals surface area contributed by atoms with Gasteiger partial charge in [0.25, 0.3) is 5.91 Å². The third-order valence-corrected chi connectivity index (χ3v) is 7.28. The summed E-state index contributed by atoms with van der Waals surface area (Å²) < 4.78 is 0. The van der Waals surface area contributed by atoms with Crippen LogP contribution in [0.3, 0.4) is 0 Å². The fourth-order valence-corrected chi connectivity index (χ4v) is 5.18. The Morgan fingerprint density at radius 1 is 1.24 bits per heavy atom. The Bertz CT molecular complexity index is 1160. The molecule has 4 amide bonds. The van der Waals surface area contributed by atoms with Gasteiger partial charge in [-0.05, 0) is 67.3 Å². The lowest BCUT2D eigenvalue weighted by molar-refractivity contribution is -0.141. The van der Waals surface area contributed by atoms with Gasteiger partial charge in [0.2, 0.25) is 5.91 Å². The van der Waals surface area contributed by atoms with Gasteiger partial charge in [0.1, 0.15) is 12.1 Å². The SMILES string of the molecule is C#Cc1ccc2c(c1)CC[C@]21NC(=O)N(CC(=O)N(Cc2ccccc2)[C@@H](C)C2CC2)C1=O. The standard InChI is InChI=1S/C27H27N3O3/c1-3-19-9-12-23-22(15-19)13-14-27(23)25(32)30(26(33)28-27)17-24(31)29(18(2)21-10-11-21)16-20-7-5-4-6-8-20/h1,4-9,12,15,18,21H,10-11,13-14,16-17H2,2H3,(H,28,33)/t18-,27-/m0/s1. The van der Waals surface area contributed by atoms with Gasteiger partial charge in [-0.25, -0.2) is 4.79 Å². The number of terminal acetylenes is 1. The fourth-order valence-electron chi connectivity index (χ4n) is 5.18. The van der Waals surface area contributed by atoms with Crippen LogP contribution in [0.15, 0.2) is 48.5 Å². The number of urea groups is 1. The molecule has 2 atom stereocenters. The third-order valence-electron chi connectivity index (χ3n) is 7.28. The summed E-state index contributed by atoms with van der Waals surface area (Å²) in [5.74, 6) is 2.52. The molecule has 2 aromatic rings. The molecular weight excluding hydrogens is 414 g/mol. The van der Waals surface area contributed by atoms with E-state index in [1.165, 1.54) is 0 Å². The van der Waals surface area contributed by atoms with Crippen molar-refractivity contribution in [2.75, 3.05) is 6.54 Å². The second-order valence-electron chi connectivity index (χ2n) is 9.33. The molecule has 0 aromatic heterocycles. The van der Waals surface area contributed by atoms with E-state index in [0.29, 0.717) is 25.3 Å². The first-order valence-corrected chi connectivity index (χ1v) is 11.5. The minimum absolute atomic E-state index is 0.0572. The molecule has 5 rings (SSSR count). The van der Waals surface area contributed by atoms with Gasteiger partial charge >= 0.3 is 6.03 Å². The number of nitrogens with zero attached hydrogens (tertiary/aromatic N) is 2. The highest BCUT2D eigenvalue weighted by Crippen LogP contribution is 2.42. The zero-order chi connectivity index (χ0) is 23.2. The van der Waals surface area contributed by atoms with Crippen LogP contribution in [0.1, 0.15) is 48.4 Å². The summed E-state index contributed by atoms with van der Waals surface area (Å²) >= 11 is 0. The lowest BCUT2D eigenvalue weighted by Gasteiger charge is -2.31. The molecule has 1 saturated carbocycles. The van der Waals surface area contributed by atoms with Crippen molar-refractivity contribution < 1.29 is 14.4 Å². The van der Waals surface area contributed by atoms with Crippen LogP contribution in [-0.4, -0.2) is 40.2 Å². The van der Waals surface area contributed by atoms with Crippen molar-refractivity contribution >= 4 is 17.8 Å². The zero-order valence-corrected chi connectivity index (χ0v) is 18.7. The van der Waals surface area contributed by atoms with E-state index in [9.17, 15) is 14.4 Å². The lowest BCUT2D eigenvalue weighted by Crippen LogP contribution is -2.47. The highest BCUT2D eigenvalue weighted by molar-refractivity contribution is 6.10. The first kappa shape index (κ1) is 21.3. The average Bonchev–Trinajstić information content (AvgIpc) is 3.58. The minimum Gasteiger partial charge on any atom is -0.334 e. The topological polar surface area (TPSA) is 69.7 Å². The van der Waals surface area contributed by atoms with Gasteiger partial charge in [-0.3, -0.25) is 14.5 Å². The molecule has 1 heterocycles.